The summed E-state index contributed by atoms with van der Waals surface area (Å²) in [6.07, 6.45) is 1.90. The van der Waals surface area contributed by atoms with E-state index < -0.39 is 10.0 Å². The Balaban J connectivity index is 2.75. The highest BCUT2D eigenvalue weighted by molar-refractivity contribution is 7.89. The summed E-state index contributed by atoms with van der Waals surface area (Å²) in [4.78, 5) is 11.3. The Bertz CT molecular complexity index is 510. The fourth-order valence-corrected chi connectivity index (χ4v) is 2.40. The van der Waals surface area contributed by atoms with Gasteiger partial charge >= 0.3 is 0 Å². The first-order valence-corrected chi connectivity index (χ1v) is 6.85. The Morgan fingerprint density at radius 3 is 2.78 bits per heavy atom. The van der Waals surface area contributed by atoms with Gasteiger partial charge in [-0.05, 0) is 6.42 Å². The lowest BCUT2D eigenvalue weighted by Gasteiger charge is -2.15. The molecule has 4 N–H and O–H groups in total. The highest BCUT2D eigenvalue weighted by atomic mass is 32.2. The quantitative estimate of drug-likeness (QED) is 0.623. The van der Waals surface area contributed by atoms with Gasteiger partial charge in [0.25, 0.3) is 0 Å². The van der Waals surface area contributed by atoms with Gasteiger partial charge in [0.15, 0.2) is 0 Å². The number of aromatic nitrogens is 2. The number of H-pyrrole nitrogens is 1. The Labute approximate surface area is 106 Å². The molecule has 0 atom stereocenters. The standard InChI is InChI=1S/C9H17N5O3S/c1-3-4-11-8(15)6-14(2)18(16,17)7-5-12-13-9(7)10/h5H,3-4,6H2,1-2H3,(H,11,15)(H3,10,12,13). The van der Waals surface area contributed by atoms with Gasteiger partial charge in [-0.3, -0.25) is 9.89 Å². The molecule has 0 fully saturated rings. The Morgan fingerprint density at radius 1 is 1.61 bits per heavy atom. The molecular formula is C9H17N5O3S. The summed E-state index contributed by atoms with van der Waals surface area (Å²) in [5.41, 5.74) is 5.45. The van der Waals surface area contributed by atoms with Gasteiger partial charge < -0.3 is 11.1 Å². The summed E-state index contributed by atoms with van der Waals surface area (Å²) in [5.74, 6) is -0.402. The maximum atomic E-state index is 12.0. The third-order valence-corrected chi connectivity index (χ3v) is 4.09. The summed E-state index contributed by atoms with van der Waals surface area (Å²) < 4.78 is 25.0. The van der Waals surface area contributed by atoms with Gasteiger partial charge in [0.2, 0.25) is 15.9 Å². The molecule has 0 aliphatic carbocycles. The number of nitrogens with zero attached hydrogens (tertiary/aromatic N) is 2. The van der Waals surface area contributed by atoms with E-state index in [1.54, 1.807) is 0 Å². The zero-order chi connectivity index (χ0) is 13.8. The van der Waals surface area contributed by atoms with E-state index >= 15 is 0 Å². The number of hydrogen-bond acceptors (Lipinski definition) is 5. The zero-order valence-electron chi connectivity index (χ0n) is 10.3. The molecule has 0 spiro atoms. The van der Waals surface area contributed by atoms with Gasteiger partial charge in [0.1, 0.15) is 10.7 Å². The molecule has 0 aliphatic rings. The summed E-state index contributed by atoms with van der Waals surface area (Å²) in [5, 5.41) is 8.48. The number of nitrogens with two attached hydrogens (primary N) is 1. The van der Waals surface area contributed by atoms with E-state index in [1.807, 2.05) is 6.92 Å². The first kappa shape index (κ1) is 14.5. The zero-order valence-corrected chi connectivity index (χ0v) is 11.1. The second-order valence-electron chi connectivity index (χ2n) is 3.76. The van der Waals surface area contributed by atoms with Crippen LogP contribution in [-0.4, -0.2) is 49.0 Å². The van der Waals surface area contributed by atoms with Crippen molar-refractivity contribution in [2.45, 2.75) is 18.2 Å². The average Bonchev–Trinajstić information content (AvgIpc) is 2.73. The van der Waals surface area contributed by atoms with Gasteiger partial charge in [-0.15, -0.1) is 0 Å². The number of nitrogen functional groups attached to an aromatic ring is 1. The molecule has 1 heterocycles. The van der Waals surface area contributed by atoms with E-state index in [1.165, 1.54) is 7.05 Å². The Morgan fingerprint density at radius 2 is 2.28 bits per heavy atom. The van der Waals surface area contributed by atoms with Crippen molar-refractivity contribution in [1.29, 1.82) is 0 Å². The number of hydrogen-bond donors (Lipinski definition) is 3. The number of carbonyl (C=O) groups excluding carboxylic acids is 1. The minimum absolute atomic E-state index is 0.0455. The number of aromatic amines is 1. The van der Waals surface area contributed by atoms with Crippen LogP contribution in [-0.2, 0) is 14.8 Å². The van der Waals surface area contributed by atoms with E-state index in [0.29, 0.717) is 6.54 Å². The predicted octanol–water partition coefficient (Wildman–Crippen LogP) is -0.861. The molecule has 1 aromatic rings. The first-order valence-electron chi connectivity index (χ1n) is 5.41. The lowest BCUT2D eigenvalue weighted by atomic mass is 10.4. The Hall–Kier alpha value is -1.61. The van der Waals surface area contributed by atoms with Crippen molar-refractivity contribution in [2.24, 2.45) is 0 Å². The van der Waals surface area contributed by atoms with Gasteiger partial charge in [-0.25, -0.2) is 8.42 Å². The van der Waals surface area contributed by atoms with Crippen LogP contribution in [0.25, 0.3) is 0 Å². The predicted molar refractivity (Wildman–Crippen MR) is 66.1 cm³/mol. The lowest BCUT2D eigenvalue weighted by molar-refractivity contribution is -0.121. The average molecular weight is 275 g/mol. The van der Waals surface area contributed by atoms with Crippen molar-refractivity contribution in [3.8, 4) is 0 Å². The van der Waals surface area contributed by atoms with E-state index in [-0.39, 0.29) is 23.2 Å². The molecule has 0 radical (unpaired) electrons. The molecule has 9 heteroatoms. The van der Waals surface area contributed by atoms with E-state index in [4.69, 9.17) is 5.73 Å². The van der Waals surface area contributed by atoms with Crippen molar-refractivity contribution >= 4 is 21.7 Å². The van der Waals surface area contributed by atoms with Crippen LogP contribution in [0.15, 0.2) is 11.1 Å². The molecular weight excluding hydrogens is 258 g/mol. The maximum Gasteiger partial charge on any atom is 0.248 e. The number of carbonyl (C=O) groups is 1. The summed E-state index contributed by atoms with van der Waals surface area (Å²) in [6.45, 7) is 2.17. The number of likely N-dealkylation sites (N-methyl/N-ethyl adjacent to an activating group) is 1. The number of anilines is 1. The van der Waals surface area contributed by atoms with Crippen molar-refractivity contribution in [2.75, 3.05) is 25.9 Å². The molecule has 1 aromatic heterocycles. The van der Waals surface area contributed by atoms with Crippen molar-refractivity contribution in [1.82, 2.24) is 19.8 Å². The summed E-state index contributed by atoms with van der Waals surface area (Å²) >= 11 is 0. The fraction of sp³-hybridized carbons (Fsp3) is 0.556. The van der Waals surface area contributed by atoms with Crippen molar-refractivity contribution in [3.05, 3.63) is 6.20 Å². The number of nitrogens with one attached hydrogen (secondary N) is 2. The molecule has 0 saturated heterocycles. The lowest BCUT2D eigenvalue weighted by Crippen LogP contribution is -2.38. The molecule has 0 aromatic carbocycles. The van der Waals surface area contributed by atoms with Crippen LogP contribution in [0.2, 0.25) is 0 Å². The minimum Gasteiger partial charge on any atom is -0.383 e. The van der Waals surface area contributed by atoms with E-state index in [9.17, 15) is 13.2 Å². The maximum absolute atomic E-state index is 12.0. The molecule has 0 saturated carbocycles. The third-order valence-electron chi connectivity index (χ3n) is 2.26. The van der Waals surface area contributed by atoms with Crippen LogP contribution in [0.4, 0.5) is 5.82 Å². The van der Waals surface area contributed by atoms with E-state index in [2.05, 4.69) is 15.5 Å². The molecule has 0 unspecified atom stereocenters. The van der Waals surface area contributed by atoms with E-state index in [0.717, 1.165) is 16.9 Å². The highest BCUT2D eigenvalue weighted by Crippen LogP contribution is 2.17. The molecule has 1 rings (SSSR count). The van der Waals surface area contributed by atoms with Crippen LogP contribution in [0.5, 0.6) is 0 Å². The second kappa shape index (κ2) is 5.83. The minimum atomic E-state index is -3.79. The molecule has 102 valence electrons. The molecule has 0 aliphatic heterocycles. The SMILES string of the molecule is CCCNC(=O)CN(C)S(=O)(=O)c1cn[nH]c1N. The van der Waals surface area contributed by atoms with Gasteiger partial charge in [-0.2, -0.15) is 9.40 Å². The monoisotopic (exact) mass is 275 g/mol. The molecule has 0 bridgehead atoms. The molecule has 18 heavy (non-hydrogen) atoms. The third kappa shape index (κ3) is 3.20. The van der Waals surface area contributed by atoms with Crippen LogP contribution in [0.3, 0.4) is 0 Å². The summed E-state index contributed by atoms with van der Waals surface area (Å²) in [7, 11) is -2.48. The molecule has 8 nitrogen and oxygen atoms in total. The topological polar surface area (TPSA) is 121 Å². The van der Waals surface area contributed by atoms with Crippen molar-refractivity contribution in [3.63, 3.8) is 0 Å². The largest absolute Gasteiger partial charge is 0.383 e. The summed E-state index contributed by atoms with van der Waals surface area (Å²) in [6, 6.07) is 0. The number of amides is 1. The van der Waals surface area contributed by atoms with Gasteiger partial charge in [-0.1, -0.05) is 6.92 Å². The fourth-order valence-electron chi connectivity index (χ4n) is 1.27. The highest BCUT2D eigenvalue weighted by Gasteiger charge is 2.26. The number of rotatable bonds is 6. The van der Waals surface area contributed by atoms with Crippen LogP contribution in [0, 0.1) is 0 Å². The normalized spacial score (nSPS) is 11.7. The van der Waals surface area contributed by atoms with Gasteiger partial charge in [0, 0.05) is 13.6 Å². The first-order chi connectivity index (χ1) is 8.39. The van der Waals surface area contributed by atoms with Gasteiger partial charge in [0.05, 0.1) is 12.7 Å². The van der Waals surface area contributed by atoms with Crippen LogP contribution >= 0.6 is 0 Å². The van der Waals surface area contributed by atoms with Crippen LogP contribution in [0.1, 0.15) is 13.3 Å². The Kier molecular flexibility index (Phi) is 4.68. The second-order valence-corrected chi connectivity index (χ2v) is 5.77. The number of sulfonamides is 1. The van der Waals surface area contributed by atoms with Crippen molar-refractivity contribution < 1.29 is 13.2 Å². The smallest absolute Gasteiger partial charge is 0.248 e. The van der Waals surface area contributed by atoms with Crippen LogP contribution < -0.4 is 11.1 Å². The molecule has 1 amide bonds.